The summed E-state index contributed by atoms with van der Waals surface area (Å²) in [6, 6.07) is 11.8. The number of fused-ring (bicyclic) bond motifs is 1. The maximum atomic E-state index is 14.8. The molecule has 3 aromatic rings. The second-order valence-electron chi connectivity index (χ2n) is 9.77. The number of amides is 1. The number of halogens is 2. The molecule has 2 heterocycles. The van der Waals surface area contributed by atoms with Gasteiger partial charge >= 0.3 is 0 Å². The number of alkyl halides is 1. The van der Waals surface area contributed by atoms with Crippen molar-refractivity contribution in [3.05, 3.63) is 75.5 Å². The Morgan fingerprint density at radius 1 is 1.14 bits per heavy atom. The van der Waals surface area contributed by atoms with Gasteiger partial charge in [-0.1, -0.05) is 24.3 Å². The molecule has 1 N–H and O–H groups in total. The van der Waals surface area contributed by atoms with Gasteiger partial charge in [-0.2, -0.15) is 5.10 Å². The molecule has 6 nitrogen and oxygen atoms in total. The Morgan fingerprint density at radius 2 is 1.91 bits per heavy atom. The monoisotopic (exact) mass is 481 g/mol. The second-order valence-corrected chi connectivity index (χ2v) is 9.77. The number of hydrogen-bond donors (Lipinski definition) is 1. The number of aromatic nitrogens is 2. The molecule has 1 amide bonds. The lowest BCUT2D eigenvalue weighted by Crippen LogP contribution is -2.36. The molecule has 1 aliphatic carbocycles. The van der Waals surface area contributed by atoms with Gasteiger partial charge in [0.15, 0.2) is 0 Å². The predicted octanol–water partition coefficient (Wildman–Crippen LogP) is 4.41. The van der Waals surface area contributed by atoms with Gasteiger partial charge in [-0.25, -0.2) is 13.9 Å². The minimum Gasteiger partial charge on any atom is -0.376 e. The van der Waals surface area contributed by atoms with Crippen LogP contribution in [-0.2, 0) is 11.2 Å². The van der Waals surface area contributed by atoms with Crippen molar-refractivity contribution in [2.75, 3.05) is 26.4 Å². The fraction of sp³-hybridized carbons (Fsp3) is 0.444. The molecule has 184 valence electrons. The van der Waals surface area contributed by atoms with Crippen LogP contribution < -0.4 is 5.56 Å². The number of nitrogens with zero attached hydrogens (tertiary/aromatic N) is 2. The first-order valence-corrected chi connectivity index (χ1v) is 12.2. The number of aromatic amines is 1. The molecule has 0 bridgehead atoms. The molecule has 1 spiro atoms. The van der Waals surface area contributed by atoms with Crippen LogP contribution in [0.4, 0.5) is 8.78 Å². The van der Waals surface area contributed by atoms with E-state index in [-0.39, 0.29) is 35.2 Å². The number of ether oxygens (including phenoxy) is 1. The first-order chi connectivity index (χ1) is 17.0. The lowest BCUT2D eigenvalue weighted by atomic mass is 9.72. The van der Waals surface area contributed by atoms with Gasteiger partial charge in [-0.05, 0) is 61.3 Å². The average Bonchev–Trinajstić information content (AvgIpc) is 3.30. The Labute approximate surface area is 202 Å². The third kappa shape index (κ3) is 4.85. The van der Waals surface area contributed by atoms with Gasteiger partial charge in [-0.15, -0.1) is 0 Å². The summed E-state index contributed by atoms with van der Waals surface area (Å²) in [4.78, 5) is 27.2. The molecule has 8 heteroatoms. The number of H-pyrrole nitrogens is 1. The molecule has 2 fully saturated rings. The predicted molar refractivity (Wildman–Crippen MR) is 129 cm³/mol. The van der Waals surface area contributed by atoms with Crippen molar-refractivity contribution in [3.8, 4) is 0 Å². The van der Waals surface area contributed by atoms with E-state index in [4.69, 9.17) is 4.74 Å². The Kier molecular flexibility index (Phi) is 6.65. The van der Waals surface area contributed by atoms with Crippen LogP contribution in [0, 0.1) is 11.2 Å². The number of hydrogen-bond acceptors (Lipinski definition) is 4. The topological polar surface area (TPSA) is 75.3 Å². The normalized spacial score (nSPS) is 22.2. The first-order valence-electron chi connectivity index (χ1n) is 12.2. The summed E-state index contributed by atoms with van der Waals surface area (Å²) in [5, 5.41) is 8.00. The van der Waals surface area contributed by atoms with E-state index < -0.39 is 12.5 Å². The van der Waals surface area contributed by atoms with Gasteiger partial charge in [0.2, 0.25) is 0 Å². The van der Waals surface area contributed by atoms with E-state index in [0.717, 1.165) is 43.1 Å². The highest BCUT2D eigenvalue weighted by Crippen LogP contribution is 2.44. The zero-order chi connectivity index (χ0) is 24.4. The van der Waals surface area contributed by atoms with Crippen LogP contribution in [0.3, 0.4) is 0 Å². The molecule has 1 aliphatic heterocycles. The molecule has 0 radical (unpaired) electrons. The summed E-state index contributed by atoms with van der Waals surface area (Å²) < 4.78 is 32.7. The number of likely N-dealkylation sites (tertiary alicyclic amines) is 1. The largest absolute Gasteiger partial charge is 0.376 e. The highest BCUT2D eigenvalue weighted by molar-refractivity contribution is 5.95. The minimum absolute atomic E-state index is 0.0397. The van der Waals surface area contributed by atoms with Gasteiger partial charge in [0.25, 0.3) is 11.5 Å². The quantitative estimate of drug-likeness (QED) is 0.566. The van der Waals surface area contributed by atoms with Crippen molar-refractivity contribution in [1.82, 2.24) is 15.1 Å². The molecule has 5 rings (SSSR count). The van der Waals surface area contributed by atoms with E-state index in [1.54, 1.807) is 29.2 Å². The lowest BCUT2D eigenvalue weighted by molar-refractivity contribution is -0.00607. The molecular formula is C27H29F2N3O3. The molecule has 1 aromatic heterocycles. The minimum atomic E-state index is -0.540. The Balaban J connectivity index is 1.31. The Hall–Kier alpha value is -3.13. The van der Waals surface area contributed by atoms with Gasteiger partial charge in [-0.3, -0.25) is 9.59 Å². The molecule has 1 saturated heterocycles. The summed E-state index contributed by atoms with van der Waals surface area (Å²) in [5.41, 5.74) is 1.26. The number of carbonyl (C=O) groups is 1. The van der Waals surface area contributed by atoms with Crippen LogP contribution >= 0.6 is 0 Å². The Morgan fingerprint density at radius 3 is 2.69 bits per heavy atom. The van der Waals surface area contributed by atoms with Crippen molar-refractivity contribution in [2.24, 2.45) is 5.41 Å². The third-order valence-electron chi connectivity index (χ3n) is 7.56. The summed E-state index contributed by atoms with van der Waals surface area (Å²) in [6.45, 7) is 0.882. The molecule has 2 aliphatic rings. The summed E-state index contributed by atoms with van der Waals surface area (Å²) in [6.07, 6.45) is 4.94. The van der Waals surface area contributed by atoms with Gasteiger partial charge in [0.05, 0.1) is 29.4 Å². The van der Waals surface area contributed by atoms with Gasteiger partial charge < -0.3 is 9.64 Å². The summed E-state index contributed by atoms with van der Waals surface area (Å²) in [7, 11) is 0. The van der Waals surface area contributed by atoms with Crippen molar-refractivity contribution >= 4 is 16.7 Å². The van der Waals surface area contributed by atoms with Crippen molar-refractivity contribution in [1.29, 1.82) is 0 Å². The molecule has 2 aromatic carbocycles. The van der Waals surface area contributed by atoms with Crippen molar-refractivity contribution < 1.29 is 18.3 Å². The van der Waals surface area contributed by atoms with Crippen LogP contribution in [0.25, 0.3) is 10.8 Å². The number of carbonyl (C=O) groups excluding carboxylic acids is 1. The van der Waals surface area contributed by atoms with E-state index in [9.17, 15) is 18.4 Å². The SMILES string of the molecule is O=C(c1cc(Cc2n[nH]c(=O)c3ccccc23)ccc1F)N1CCC2(CCC(OCCF)CC2)C1. The maximum Gasteiger partial charge on any atom is 0.272 e. The van der Waals surface area contributed by atoms with Crippen LogP contribution in [-0.4, -0.2) is 53.5 Å². The number of rotatable bonds is 6. The maximum absolute atomic E-state index is 14.8. The van der Waals surface area contributed by atoms with E-state index in [2.05, 4.69) is 10.2 Å². The molecular weight excluding hydrogens is 452 g/mol. The second kappa shape index (κ2) is 9.85. The van der Waals surface area contributed by atoms with Gasteiger partial charge in [0, 0.05) is 24.9 Å². The van der Waals surface area contributed by atoms with Crippen molar-refractivity contribution in [2.45, 2.75) is 44.6 Å². The zero-order valence-corrected chi connectivity index (χ0v) is 19.6. The smallest absolute Gasteiger partial charge is 0.272 e. The fourth-order valence-corrected chi connectivity index (χ4v) is 5.61. The van der Waals surface area contributed by atoms with Crippen LogP contribution in [0.5, 0.6) is 0 Å². The number of benzene rings is 2. The van der Waals surface area contributed by atoms with Gasteiger partial charge in [0.1, 0.15) is 12.5 Å². The van der Waals surface area contributed by atoms with Crippen LogP contribution in [0.2, 0.25) is 0 Å². The van der Waals surface area contributed by atoms with E-state index in [1.165, 1.54) is 6.07 Å². The van der Waals surface area contributed by atoms with Crippen LogP contribution in [0.1, 0.15) is 53.7 Å². The molecule has 0 atom stereocenters. The highest BCUT2D eigenvalue weighted by Gasteiger charge is 2.43. The summed E-state index contributed by atoms with van der Waals surface area (Å²) >= 11 is 0. The molecule has 35 heavy (non-hydrogen) atoms. The first kappa shape index (κ1) is 23.6. The number of nitrogens with one attached hydrogen (secondary N) is 1. The standard InChI is InChI=1S/C27H29F2N3O3/c28-12-14-35-19-7-9-27(10-8-19)11-13-32(17-27)26(34)22-15-18(5-6-23(22)29)16-24-20-3-1-2-4-21(20)25(33)31-30-24/h1-6,15,19H,7-14,16-17H2,(H,31,33). The van der Waals surface area contributed by atoms with Crippen molar-refractivity contribution in [3.63, 3.8) is 0 Å². The summed E-state index contributed by atoms with van der Waals surface area (Å²) in [5.74, 6) is -0.835. The zero-order valence-electron chi connectivity index (χ0n) is 19.6. The average molecular weight is 482 g/mol. The Bertz CT molecular complexity index is 1280. The highest BCUT2D eigenvalue weighted by atomic mass is 19.1. The fourth-order valence-electron chi connectivity index (χ4n) is 5.61. The molecule has 0 unspecified atom stereocenters. The van der Waals surface area contributed by atoms with E-state index in [0.29, 0.717) is 30.6 Å². The lowest BCUT2D eigenvalue weighted by Gasteiger charge is -2.37. The molecule has 1 saturated carbocycles. The van der Waals surface area contributed by atoms with Crippen LogP contribution in [0.15, 0.2) is 47.3 Å². The van der Waals surface area contributed by atoms with E-state index >= 15 is 0 Å². The third-order valence-corrected chi connectivity index (χ3v) is 7.56. The van der Waals surface area contributed by atoms with E-state index in [1.807, 2.05) is 12.1 Å².